The number of fused-ring (bicyclic) bond motifs is 1. The van der Waals surface area contributed by atoms with Gasteiger partial charge in [-0.15, -0.1) is 11.8 Å². The van der Waals surface area contributed by atoms with Crippen molar-refractivity contribution < 1.29 is 23.1 Å². The molecule has 0 aliphatic carbocycles. The number of nitrogens with one attached hydrogen (secondary N) is 2. The van der Waals surface area contributed by atoms with Crippen LogP contribution in [0.4, 0.5) is 14.5 Å². The number of thioether (sulfide) groups is 1. The maximum atomic E-state index is 13.4. The second kappa shape index (κ2) is 13.9. The van der Waals surface area contributed by atoms with Crippen LogP contribution in [0.25, 0.3) is 16.9 Å². The molecule has 2 aliphatic heterocycles. The molecular weight excluding hydrogens is 604 g/mol. The zero-order chi connectivity index (χ0) is 31.3. The highest BCUT2D eigenvalue weighted by molar-refractivity contribution is 7.98. The van der Waals surface area contributed by atoms with E-state index in [1.807, 2.05) is 11.2 Å². The second-order valence-corrected chi connectivity index (χ2v) is 12.0. The summed E-state index contributed by atoms with van der Waals surface area (Å²) in [6.07, 6.45) is 9.90. The number of carbonyl (C=O) groups excluding carboxylic acids is 2. The van der Waals surface area contributed by atoms with Gasteiger partial charge in [0, 0.05) is 74.9 Å². The number of nitrogens with zero attached hydrogens (tertiary/aromatic N) is 7. The zero-order valence-electron chi connectivity index (χ0n) is 24.9. The number of ether oxygens (including phenoxy) is 1. The Morgan fingerprint density at radius 1 is 1.18 bits per heavy atom. The van der Waals surface area contributed by atoms with Gasteiger partial charge in [0.05, 0.1) is 11.9 Å². The molecule has 2 N–H and O–H groups in total. The van der Waals surface area contributed by atoms with Gasteiger partial charge in [0.1, 0.15) is 23.6 Å². The third-order valence-electron chi connectivity index (χ3n) is 8.18. The average Bonchev–Trinajstić information content (AvgIpc) is 3.66. The number of piperazine rings is 1. The van der Waals surface area contributed by atoms with Crippen LogP contribution >= 0.6 is 11.8 Å². The number of benzene rings is 1. The minimum absolute atomic E-state index is 0.0726. The molecule has 0 saturated carbocycles. The van der Waals surface area contributed by atoms with E-state index in [4.69, 9.17) is 4.74 Å². The van der Waals surface area contributed by atoms with Gasteiger partial charge in [-0.1, -0.05) is 0 Å². The number of carbonyl (C=O) groups is 2. The van der Waals surface area contributed by atoms with E-state index in [0.717, 1.165) is 50.5 Å². The van der Waals surface area contributed by atoms with Crippen LogP contribution < -0.4 is 15.4 Å². The normalized spacial score (nSPS) is 16.4. The molecule has 0 bridgehead atoms. The molecule has 5 heterocycles. The van der Waals surface area contributed by atoms with Crippen LogP contribution in [0.15, 0.2) is 53.9 Å². The van der Waals surface area contributed by atoms with Gasteiger partial charge in [-0.3, -0.25) is 14.3 Å². The first kappa shape index (κ1) is 30.9. The van der Waals surface area contributed by atoms with Gasteiger partial charge in [0.15, 0.2) is 5.65 Å². The predicted octanol–water partition coefficient (Wildman–Crippen LogP) is 3.31. The molecule has 2 aliphatic rings. The van der Waals surface area contributed by atoms with Gasteiger partial charge >= 0.3 is 6.61 Å². The second-order valence-electron chi connectivity index (χ2n) is 11.1. The van der Waals surface area contributed by atoms with Crippen LogP contribution in [0.5, 0.6) is 5.75 Å². The van der Waals surface area contributed by atoms with E-state index in [-0.39, 0.29) is 40.7 Å². The minimum atomic E-state index is -3.06. The quantitative estimate of drug-likeness (QED) is 0.252. The molecule has 2 saturated heterocycles. The third-order valence-corrected chi connectivity index (χ3v) is 8.91. The van der Waals surface area contributed by atoms with E-state index in [1.165, 1.54) is 33.2 Å². The van der Waals surface area contributed by atoms with Crippen molar-refractivity contribution in [2.45, 2.75) is 30.9 Å². The smallest absolute Gasteiger partial charge is 0.387 e. The van der Waals surface area contributed by atoms with Gasteiger partial charge in [-0.2, -0.15) is 19.0 Å². The van der Waals surface area contributed by atoms with E-state index in [1.54, 1.807) is 36.8 Å². The Bertz CT molecular complexity index is 1650. The van der Waals surface area contributed by atoms with E-state index >= 15 is 0 Å². The van der Waals surface area contributed by atoms with Gasteiger partial charge in [0.25, 0.3) is 5.91 Å². The SMILES string of the molecule is CSc1ccc(OC(F)F)c(-c2nn(CC(=O)N3CCC(CN4CCNCC4)CC3)cc2NC(=O)c2cnn3cccnc23)c1. The number of hydrogen-bond acceptors (Lipinski definition) is 9. The minimum Gasteiger partial charge on any atom is -0.434 e. The molecule has 4 aromatic rings. The van der Waals surface area contributed by atoms with Crippen LogP contribution in [-0.4, -0.2) is 105 Å². The summed E-state index contributed by atoms with van der Waals surface area (Å²) in [5, 5.41) is 15.0. The van der Waals surface area contributed by atoms with Crippen LogP contribution in [0.3, 0.4) is 0 Å². The summed E-state index contributed by atoms with van der Waals surface area (Å²) < 4.78 is 34.5. The van der Waals surface area contributed by atoms with Crippen molar-refractivity contribution in [2.24, 2.45) is 5.92 Å². The van der Waals surface area contributed by atoms with Crippen LogP contribution in [0.2, 0.25) is 0 Å². The van der Waals surface area contributed by atoms with Crippen LogP contribution in [0.1, 0.15) is 23.2 Å². The summed E-state index contributed by atoms with van der Waals surface area (Å²) in [6, 6.07) is 6.48. The lowest BCUT2D eigenvalue weighted by Gasteiger charge is -2.36. The van der Waals surface area contributed by atoms with Gasteiger partial charge in [-0.25, -0.2) is 9.50 Å². The number of anilines is 1. The Labute approximate surface area is 263 Å². The number of alkyl halides is 2. The lowest BCUT2D eigenvalue weighted by atomic mass is 9.96. The molecule has 1 aromatic carbocycles. The molecule has 2 fully saturated rings. The summed E-state index contributed by atoms with van der Waals surface area (Å²) in [6.45, 7) is 3.37. The number of rotatable bonds is 10. The fourth-order valence-electron chi connectivity index (χ4n) is 5.85. The maximum absolute atomic E-state index is 13.4. The van der Waals surface area contributed by atoms with E-state index in [0.29, 0.717) is 24.7 Å². The lowest BCUT2D eigenvalue weighted by Crippen LogP contribution is -2.47. The molecular formula is C30H35F2N9O3S. The summed E-state index contributed by atoms with van der Waals surface area (Å²) in [5.41, 5.74) is 1.26. The highest BCUT2D eigenvalue weighted by atomic mass is 32.2. The van der Waals surface area contributed by atoms with Gasteiger partial charge < -0.3 is 25.2 Å². The van der Waals surface area contributed by atoms with E-state index in [2.05, 4.69) is 30.7 Å². The van der Waals surface area contributed by atoms with Gasteiger partial charge in [-0.05, 0) is 49.3 Å². The average molecular weight is 640 g/mol. The van der Waals surface area contributed by atoms with E-state index < -0.39 is 12.5 Å². The Balaban J connectivity index is 1.23. The highest BCUT2D eigenvalue weighted by Gasteiger charge is 2.27. The standard InChI is InChI=1S/C30H35F2N9O3S/c1-45-21-3-4-25(44-30(31)32)22(15-21)27-24(36-29(43)23-16-35-41-10-2-7-34-28(23)41)18-40(37-27)19-26(42)39-11-5-20(6-12-39)17-38-13-8-33-9-14-38/h2-4,7,10,15-16,18,20,30,33H,5-6,8-9,11-14,17,19H2,1H3,(H,36,43). The molecule has 0 radical (unpaired) electrons. The number of hydrogen-bond donors (Lipinski definition) is 2. The Morgan fingerprint density at radius 2 is 1.98 bits per heavy atom. The predicted molar refractivity (Wildman–Crippen MR) is 166 cm³/mol. The van der Waals surface area contributed by atoms with Crippen molar-refractivity contribution in [3.8, 4) is 17.0 Å². The number of piperidine rings is 1. The van der Waals surface area contributed by atoms with Crippen molar-refractivity contribution in [1.82, 2.24) is 39.5 Å². The molecule has 238 valence electrons. The highest BCUT2D eigenvalue weighted by Crippen LogP contribution is 2.38. The summed E-state index contributed by atoms with van der Waals surface area (Å²) in [7, 11) is 0. The van der Waals surface area contributed by atoms with Crippen LogP contribution in [-0.2, 0) is 11.3 Å². The molecule has 15 heteroatoms. The number of amides is 2. The Morgan fingerprint density at radius 3 is 2.73 bits per heavy atom. The largest absolute Gasteiger partial charge is 0.434 e. The molecule has 6 rings (SSSR count). The molecule has 2 amide bonds. The summed E-state index contributed by atoms with van der Waals surface area (Å²) in [4.78, 5) is 36.2. The fraction of sp³-hybridized carbons (Fsp3) is 0.433. The summed E-state index contributed by atoms with van der Waals surface area (Å²) in [5.74, 6) is -0.160. The van der Waals surface area contributed by atoms with Crippen molar-refractivity contribution in [3.63, 3.8) is 0 Å². The topological polar surface area (TPSA) is 122 Å². The van der Waals surface area contributed by atoms with Crippen molar-refractivity contribution in [3.05, 3.63) is 54.6 Å². The molecule has 0 unspecified atom stereocenters. The van der Waals surface area contributed by atoms with E-state index in [9.17, 15) is 18.4 Å². The first-order chi connectivity index (χ1) is 21.9. The summed E-state index contributed by atoms with van der Waals surface area (Å²) >= 11 is 1.42. The molecule has 0 atom stereocenters. The number of likely N-dealkylation sites (tertiary alicyclic amines) is 1. The monoisotopic (exact) mass is 639 g/mol. The Kier molecular flexibility index (Phi) is 9.56. The Hall–Kier alpha value is -4.08. The van der Waals surface area contributed by atoms with Crippen molar-refractivity contribution in [2.75, 3.05) is 57.4 Å². The zero-order valence-corrected chi connectivity index (χ0v) is 25.7. The molecule has 12 nitrogen and oxygen atoms in total. The van der Waals surface area contributed by atoms with Crippen molar-refractivity contribution in [1.29, 1.82) is 0 Å². The first-order valence-corrected chi connectivity index (χ1v) is 16.1. The maximum Gasteiger partial charge on any atom is 0.387 e. The lowest BCUT2D eigenvalue weighted by molar-refractivity contribution is -0.133. The van der Waals surface area contributed by atoms with Crippen LogP contribution in [0, 0.1) is 5.92 Å². The molecule has 3 aromatic heterocycles. The molecule has 0 spiro atoms. The third kappa shape index (κ3) is 7.26. The first-order valence-electron chi connectivity index (χ1n) is 14.9. The van der Waals surface area contributed by atoms with Gasteiger partial charge in [0.2, 0.25) is 5.91 Å². The molecule has 45 heavy (non-hydrogen) atoms. The fourth-order valence-corrected chi connectivity index (χ4v) is 6.29. The van der Waals surface area contributed by atoms with Crippen molar-refractivity contribution >= 4 is 34.9 Å². The number of halogens is 2. The number of aromatic nitrogens is 5.